The lowest BCUT2D eigenvalue weighted by molar-refractivity contribution is 0.252. The molecule has 2 rings (SSSR count). The van der Waals surface area contributed by atoms with Gasteiger partial charge in [0.25, 0.3) is 5.76 Å². The van der Waals surface area contributed by atoms with Crippen LogP contribution in [0.2, 0.25) is 0 Å². The molecule has 0 saturated carbocycles. The lowest BCUT2D eigenvalue weighted by Crippen LogP contribution is -2.11. The molecule has 0 saturated heterocycles. The summed E-state index contributed by atoms with van der Waals surface area (Å²) in [5.74, 6) is -2.43. The Morgan fingerprint density at radius 3 is 2.50 bits per heavy atom. The third-order valence-corrected chi connectivity index (χ3v) is 2.98. The number of alkyl halides is 2. The van der Waals surface area contributed by atoms with Crippen molar-refractivity contribution in [1.82, 2.24) is 9.97 Å². The molecule has 2 aromatic rings. The van der Waals surface area contributed by atoms with Crippen LogP contribution >= 0.6 is 11.8 Å². The zero-order valence-electron chi connectivity index (χ0n) is 9.48. The molecule has 94 valence electrons. The molecule has 18 heavy (non-hydrogen) atoms. The standard InChI is InChI=1S/C12H10F2N2OS/c1-7-6-10(16-12(17)15-7)8-2-4-9(5-3-8)18-11(13)14/h2-6,11H,1H3,(H,15,16,17). The van der Waals surface area contributed by atoms with Gasteiger partial charge in [0, 0.05) is 16.2 Å². The highest BCUT2D eigenvalue weighted by Crippen LogP contribution is 2.27. The van der Waals surface area contributed by atoms with E-state index in [-0.39, 0.29) is 0 Å². The first-order chi connectivity index (χ1) is 8.54. The number of nitrogens with zero attached hydrogens (tertiary/aromatic N) is 1. The first kappa shape index (κ1) is 12.8. The van der Waals surface area contributed by atoms with E-state index in [0.717, 1.165) is 5.56 Å². The fourth-order valence-electron chi connectivity index (χ4n) is 1.53. The lowest BCUT2D eigenvalue weighted by atomic mass is 10.1. The molecule has 0 aliphatic carbocycles. The molecule has 0 aliphatic rings. The molecule has 0 bridgehead atoms. The molecule has 0 unspecified atom stereocenters. The van der Waals surface area contributed by atoms with Crippen molar-refractivity contribution >= 4 is 11.8 Å². The van der Waals surface area contributed by atoms with Gasteiger partial charge in [-0.15, -0.1) is 0 Å². The Balaban J connectivity index is 2.31. The highest BCUT2D eigenvalue weighted by molar-refractivity contribution is 7.99. The Morgan fingerprint density at radius 2 is 1.94 bits per heavy atom. The number of thioether (sulfide) groups is 1. The number of aryl methyl sites for hydroxylation is 1. The molecule has 1 heterocycles. The minimum absolute atomic E-state index is 0.420. The third-order valence-electron chi connectivity index (χ3n) is 2.25. The molecule has 0 aliphatic heterocycles. The second-order valence-corrected chi connectivity index (χ2v) is 4.72. The average Bonchev–Trinajstić information content (AvgIpc) is 2.27. The summed E-state index contributed by atoms with van der Waals surface area (Å²) in [6.07, 6.45) is 0. The SMILES string of the molecule is Cc1cc(-c2ccc(SC(F)F)cc2)nc(=O)[nH]1. The van der Waals surface area contributed by atoms with E-state index in [4.69, 9.17) is 0 Å². The third kappa shape index (κ3) is 3.16. The highest BCUT2D eigenvalue weighted by atomic mass is 32.2. The smallest absolute Gasteiger partial charge is 0.310 e. The predicted molar refractivity (Wildman–Crippen MR) is 66.9 cm³/mol. The molecule has 3 nitrogen and oxygen atoms in total. The summed E-state index contributed by atoms with van der Waals surface area (Å²) in [5.41, 5.74) is 1.54. The number of nitrogens with one attached hydrogen (secondary N) is 1. The Morgan fingerprint density at radius 1 is 1.28 bits per heavy atom. The van der Waals surface area contributed by atoms with Crippen LogP contribution in [0.3, 0.4) is 0 Å². The van der Waals surface area contributed by atoms with Crippen molar-refractivity contribution in [1.29, 1.82) is 0 Å². The van der Waals surface area contributed by atoms with Crippen molar-refractivity contribution in [3.63, 3.8) is 0 Å². The molecule has 0 atom stereocenters. The highest BCUT2D eigenvalue weighted by Gasteiger charge is 2.06. The summed E-state index contributed by atoms with van der Waals surface area (Å²) in [5, 5.41) is 0. The van der Waals surface area contributed by atoms with Crippen LogP contribution in [-0.2, 0) is 0 Å². The molecule has 0 spiro atoms. The molecule has 0 amide bonds. The van der Waals surface area contributed by atoms with Crippen molar-refractivity contribution in [3.05, 3.63) is 46.5 Å². The van der Waals surface area contributed by atoms with E-state index in [1.807, 2.05) is 0 Å². The number of halogens is 2. The first-order valence-corrected chi connectivity index (χ1v) is 6.06. The summed E-state index contributed by atoms with van der Waals surface area (Å²) < 4.78 is 24.3. The van der Waals surface area contributed by atoms with Crippen LogP contribution in [0.15, 0.2) is 40.0 Å². The summed E-state index contributed by atoms with van der Waals surface area (Å²) in [6.45, 7) is 1.76. The van der Waals surface area contributed by atoms with Crippen molar-refractivity contribution < 1.29 is 8.78 Å². The zero-order valence-corrected chi connectivity index (χ0v) is 10.3. The van der Waals surface area contributed by atoms with Gasteiger partial charge in [0.15, 0.2) is 0 Å². The molecular weight excluding hydrogens is 258 g/mol. The topological polar surface area (TPSA) is 45.8 Å². The zero-order chi connectivity index (χ0) is 13.1. The summed E-state index contributed by atoms with van der Waals surface area (Å²) in [4.78, 5) is 18.1. The van der Waals surface area contributed by atoms with Crippen LogP contribution in [-0.4, -0.2) is 15.7 Å². The van der Waals surface area contributed by atoms with Gasteiger partial charge in [-0.25, -0.2) is 4.79 Å². The van der Waals surface area contributed by atoms with Crippen molar-refractivity contribution in [2.75, 3.05) is 0 Å². The number of aromatic amines is 1. The van der Waals surface area contributed by atoms with Crippen LogP contribution in [0.5, 0.6) is 0 Å². The maximum absolute atomic E-state index is 12.2. The monoisotopic (exact) mass is 268 g/mol. The van der Waals surface area contributed by atoms with Crippen LogP contribution in [0.4, 0.5) is 8.78 Å². The lowest BCUT2D eigenvalue weighted by Gasteiger charge is -2.03. The summed E-state index contributed by atoms with van der Waals surface area (Å²) in [7, 11) is 0. The molecule has 6 heteroatoms. The molecule has 1 N–H and O–H groups in total. The number of aromatic nitrogens is 2. The molecular formula is C12H10F2N2OS. The van der Waals surface area contributed by atoms with Gasteiger partial charge in [-0.3, -0.25) is 0 Å². The van der Waals surface area contributed by atoms with E-state index >= 15 is 0 Å². The van der Waals surface area contributed by atoms with Gasteiger partial charge < -0.3 is 4.98 Å². The maximum Gasteiger partial charge on any atom is 0.345 e. The van der Waals surface area contributed by atoms with Gasteiger partial charge in [0.05, 0.1) is 5.69 Å². The normalized spacial score (nSPS) is 10.9. The molecule has 0 radical (unpaired) electrons. The number of H-pyrrole nitrogens is 1. The minimum Gasteiger partial charge on any atom is -0.310 e. The Kier molecular flexibility index (Phi) is 3.76. The van der Waals surface area contributed by atoms with E-state index in [2.05, 4.69) is 9.97 Å². The number of hydrogen-bond acceptors (Lipinski definition) is 3. The number of hydrogen-bond donors (Lipinski definition) is 1. The van der Waals surface area contributed by atoms with Crippen molar-refractivity contribution in [2.45, 2.75) is 17.6 Å². The Hall–Kier alpha value is -1.69. The second kappa shape index (κ2) is 5.30. The first-order valence-electron chi connectivity index (χ1n) is 5.18. The van der Waals surface area contributed by atoms with Gasteiger partial charge in [0.1, 0.15) is 0 Å². The van der Waals surface area contributed by atoms with Gasteiger partial charge in [-0.05, 0) is 25.1 Å². The molecule has 0 fully saturated rings. The summed E-state index contributed by atoms with van der Waals surface area (Å²) in [6, 6.07) is 8.25. The predicted octanol–water partition coefficient (Wildman–Crippen LogP) is 3.06. The van der Waals surface area contributed by atoms with Gasteiger partial charge in [0.2, 0.25) is 0 Å². The van der Waals surface area contributed by atoms with Crippen LogP contribution in [0.1, 0.15) is 5.69 Å². The van der Waals surface area contributed by atoms with E-state index in [1.54, 1.807) is 37.3 Å². The van der Waals surface area contributed by atoms with Crippen molar-refractivity contribution in [3.8, 4) is 11.3 Å². The second-order valence-electron chi connectivity index (χ2n) is 3.66. The van der Waals surface area contributed by atoms with Gasteiger partial charge >= 0.3 is 5.69 Å². The van der Waals surface area contributed by atoms with Crippen molar-refractivity contribution in [2.24, 2.45) is 0 Å². The quantitative estimate of drug-likeness (QED) is 0.870. The van der Waals surface area contributed by atoms with Crippen LogP contribution in [0, 0.1) is 6.92 Å². The minimum atomic E-state index is -2.43. The number of benzene rings is 1. The fraction of sp³-hybridized carbons (Fsp3) is 0.167. The molecule has 1 aromatic carbocycles. The Bertz CT molecular complexity index is 596. The summed E-state index contributed by atoms with van der Waals surface area (Å²) >= 11 is 0.487. The van der Waals surface area contributed by atoms with Gasteiger partial charge in [-0.1, -0.05) is 23.9 Å². The van der Waals surface area contributed by atoms with E-state index in [0.29, 0.717) is 28.0 Å². The van der Waals surface area contributed by atoms with Crippen LogP contribution in [0.25, 0.3) is 11.3 Å². The fourth-order valence-corrected chi connectivity index (χ4v) is 2.03. The average molecular weight is 268 g/mol. The maximum atomic E-state index is 12.2. The largest absolute Gasteiger partial charge is 0.345 e. The number of rotatable bonds is 3. The van der Waals surface area contributed by atoms with E-state index in [9.17, 15) is 13.6 Å². The van der Waals surface area contributed by atoms with E-state index in [1.165, 1.54) is 0 Å². The molecule has 1 aromatic heterocycles. The van der Waals surface area contributed by atoms with Crippen LogP contribution < -0.4 is 5.69 Å². The van der Waals surface area contributed by atoms with E-state index < -0.39 is 11.4 Å². The van der Waals surface area contributed by atoms with Gasteiger partial charge in [-0.2, -0.15) is 13.8 Å². The Labute approximate surface area is 106 Å².